The SMILES string of the molecule is Cc1cccc([N+](=O)[O-])c1N1C(=O)c2c(F)c(F)c(F)c(F)c2C1=O. The maximum Gasteiger partial charge on any atom is 0.293 e. The van der Waals surface area contributed by atoms with Crippen LogP contribution < -0.4 is 4.90 Å². The summed E-state index contributed by atoms with van der Waals surface area (Å²) >= 11 is 0. The minimum atomic E-state index is -2.25. The van der Waals surface area contributed by atoms with E-state index in [1.807, 2.05) is 0 Å². The predicted octanol–water partition coefficient (Wildman–Crippen LogP) is 3.26. The largest absolute Gasteiger partial charge is 0.293 e. The van der Waals surface area contributed by atoms with E-state index in [2.05, 4.69) is 0 Å². The molecular formula is C15H6F4N2O4. The van der Waals surface area contributed by atoms with Gasteiger partial charge in [-0.05, 0) is 12.5 Å². The minimum Gasteiger partial charge on any atom is -0.268 e. The third kappa shape index (κ3) is 2.10. The summed E-state index contributed by atoms with van der Waals surface area (Å²) in [4.78, 5) is 35.1. The minimum absolute atomic E-state index is 0.0745. The zero-order valence-electron chi connectivity index (χ0n) is 12.3. The van der Waals surface area contributed by atoms with Crippen LogP contribution in [-0.4, -0.2) is 16.7 Å². The van der Waals surface area contributed by atoms with Crippen LogP contribution in [0.1, 0.15) is 26.3 Å². The molecule has 0 unspecified atom stereocenters. The zero-order chi connectivity index (χ0) is 18.6. The van der Waals surface area contributed by atoms with E-state index in [-0.39, 0.29) is 10.5 Å². The van der Waals surface area contributed by atoms with Gasteiger partial charge in [0.15, 0.2) is 23.3 Å². The van der Waals surface area contributed by atoms with Gasteiger partial charge in [0.1, 0.15) is 5.69 Å². The fourth-order valence-electron chi connectivity index (χ4n) is 2.63. The molecule has 3 rings (SSSR count). The van der Waals surface area contributed by atoms with Gasteiger partial charge in [-0.2, -0.15) is 0 Å². The van der Waals surface area contributed by atoms with E-state index in [4.69, 9.17) is 0 Å². The highest BCUT2D eigenvalue weighted by Crippen LogP contribution is 2.39. The van der Waals surface area contributed by atoms with E-state index >= 15 is 0 Å². The molecule has 10 heteroatoms. The highest BCUT2D eigenvalue weighted by Gasteiger charge is 2.46. The summed E-state index contributed by atoms with van der Waals surface area (Å²) < 4.78 is 54.6. The predicted molar refractivity (Wildman–Crippen MR) is 75.2 cm³/mol. The third-order valence-corrected chi connectivity index (χ3v) is 3.74. The summed E-state index contributed by atoms with van der Waals surface area (Å²) in [5, 5.41) is 11.1. The molecule has 6 nitrogen and oxygen atoms in total. The second-order valence-corrected chi connectivity index (χ2v) is 5.15. The number of amides is 2. The summed E-state index contributed by atoms with van der Waals surface area (Å²) in [6.45, 7) is 1.32. The number of imide groups is 1. The third-order valence-electron chi connectivity index (χ3n) is 3.74. The normalized spacial score (nSPS) is 13.4. The molecule has 0 aliphatic carbocycles. The standard InChI is InChI=1S/C15H6F4N2O4/c1-5-3-2-4-6(21(24)25)13(5)20-14(22)7-8(15(20)23)10(17)12(19)11(18)9(7)16/h2-4H,1H3. The number of carbonyl (C=O) groups excluding carboxylic acids is 2. The number of para-hydroxylation sites is 1. The molecule has 0 atom stereocenters. The van der Waals surface area contributed by atoms with Gasteiger partial charge in [0.05, 0.1) is 16.1 Å². The molecule has 1 heterocycles. The second kappa shape index (κ2) is 5.36. The van der Waals surface area contributed by atoms with Crippen LogP contribution in [0.5, 0.6) is 0 Å². The van der Waals surface area contributed by atoms with Crippen molar-refractivity contribution < 1.29 is 32.1 Å². The van der Waals surface area contributed by atoms with Crippen molar-refractivity contribution in [1.82, 2.24) is 0 Å². The molecular weight excluding hydrogens is 348 g/mol. The Morgan fingerprint density at radius 2 is 1.40 bits per heavy atom. The van der Waals surface area contributed by atoms with E-state index < -0.39 is 62.5 Å². The lowest BCUT2D eigenvalue weighted by molar-refractivity contribution is -0.384. The first-order valence-electron chi connectivity index (χ1n) is 6.67. The van der Waals surface area contributed by atoms with Gasteiger partial charge in [-0.15, -0.1) is 0 Å². The van der Waals surface area contributed by atoms with Crippen molar-refractivity contribution in [3.63, 3.8) is 0 Å². The molecule has 0 spiro atoms. The van der Waals surface area contributed by atoms with Crippen LogP contribution in [0, 0.1) is 40.3 Å². The molecule has 25 heavy (non-hydrogen) atoms. The molecule has 2 aromatic rings. The Morgan fingerprint density at radius 1 is 0.920 bits per heavy atom. The second-order valence-electron chi connectivity index (χ2n) is 5.15. The lowest BCUT2D eigenvalue weighted by atomic mass is 10.1. The number of carbonyl (C=O) groups is 2. The van der Waals surface area contributed by atoms with Gasteiger partial charge < -0.3 is 0 Å². The number of nitrogens with zero attached hydrogens (tertiary/aromatic N) is 2. The van der Waals surface area contributed by atoms with E-state index in [0.29, 0.717) is 0 Å². The number of aryl methyl sites for hydroxylation is 1. The first-order chi connectivity index (χ1) is 11.7. The van der Waals surface area contributed by atoms with Gasteiger partial charge in [-0.3, -0.25) is 19.7 Å². The first-order valence-corrected chi connectivity index (χ1v) is 6.67. The highest BCUT2D eigenvalue weighted by molar-refractivity contribution is 6.35. The molecule has 0 saturated carbocycles. The Labute approximate surface area is 136 Å². The van der Waals surface area contributed by atoms with Crippen molar-refractivity contribution in [3.05, 3.63) is 68.3 Å². The average molecular weight is 354 g/mol. The highest BCUT2D eigenvalue weighted by atomic mass is 19.2. The molecule has 0 fully saturated rings. The molecule has 0 saturated heterocycles. The van der Waals surface area contributed by atoms with Gasteiger partial charge in [0.25, 0.3) is 17.5 Å². The molecule has 1 aliphatic rings. The molecule has 1 aliphatic heterocycles. The Hall–Kier alpha value is -3.30. The number of nitro benzene ring substituents is 1. The lowest BCUT2D eigenvalue weighted by Gasteiger charge is -2.16. The maximum atomic E-state index is 13.9. The summed E-state index contributed by atoms with van der Waals surface area (Å²) in [5.41, 5.74) is -3.75. The number of fused-ring (bicyclic) bond motifs is 1. The first kappa shape index (κ1) is 16.6. The van der Waals surface area contributed by atoms with Crippen LogP contribution in [0.25, 0.3) is 0 Å². The van der Waals surface area contributed by atoms with Crippen LogP contribution in [0.15, 0.2) is 18.2 Å². The van der Waals surface area contributed by atoms with Gasteiger partial charge in [-0.25, -0.2) is 22.5 Å². The number of hydrogen-bond donors (Lipinski definition) is 0. The van der Waals surface area contributed by atoms with Gasteiger partial charge in [0, 0.05) is 6.07 Å². The number of nitro groups is 1. The van der Waals surface area contributed by atoms with Crippen molar-refractivity contribution in [1.29, 1.82) is 0 Å². The van der Waals surface area contributed by atoms with Crippen LogP contribution in [0.4, 0.5) is 28.9 Å². The quantitative estimate of drug-likeness (QED) is 0.207. The van der Waals surface area contributed by atoms with Crippen molar-refractivity contribution in [2.24, 2.45) is 0 Å². The van der Waals surface area contributed by atoms with Crippen LogP contribution in [0.2, 0.25) is 0 Å². The molecule has 2 aromatic carbocycles. The molecule has 0 aromatic heterocycles. The fraction of sp³-hybridized carbons (Fsp3) is 0.0667. The fourth-order valence-corrected chi connectivity index (χ4v) is 2.63. The Bertz CT molecular complexity index is 943. The molecule has 0 N–H and O–H groups in total. The van der Waals surface area contributed by atoms with E-state index in [9.17, 15) is 37.3 Å². The topological polar surface area (TPSA) is 80.5 Å². The van der Waals surface area contributed by atoms with Gasteiger partial charge in [0.2, 0.25) is 0 Å². The summed E-state index contributed by atoms with van der Waals surface area (Å²) in [5.74, 6) is -11.6. The molecule has 128 valence electrons. The molecule has 2 amide bonds. The van der Waals surface area contributed by atoms with Crippen LogP contribution >= 0.6 is 0 Å². The van der Waals surface area contributed by atoms with Crippen LogP contribution in [-0.2, 0) is 0 Å². The monoisotopic (exact) mass is 354 g/mol. The smallest absolute Gasteiger partial charge is 0.268 e. The van der Waals surface area contributed by atoms with Crippen molar-refractivity contribution in [2.75, 3.05) is 4.90 Å². The van der Waals surface area contributed by atoms with Crippen molar-refractivity contribution in [2.45, 2.75) is 6.92 Å². The number of hydrogen-bond acceptors (Lipinski definition) is 4. The van der Waals surface area contributed by atoms with E-state index in [1.165, 1.54) is 19.1 Å². The Morgan fingerprint density at radius 3 is 1.84 bits per heavy atom. The van der Waals surface area contributed by atoms with Crippen LogP contribution in [0.3, 0.4) is 0 Å². The summed E-state index contributed by atoms with van der Waals surface area (Å²) in [6.07, 6.45) is 0. The number of benzene rings is 2. The maximum absolute atomic E-state index is 13.9. The number of rotatable bonds is 2. The Balaban J connectivity index is 2.33. The molecule has 0 bridgehead atoms. The summed E-state index contributed by atoms with van der Waals surface area (Å²) in [6, 6.07) is 3.56. The molecule has 0 radical (unpaired) electrons. The van der Waals surface area contributed by atoms with Gasteiger partial charge >= 0.3 is 0 Å². The van der Waals surface area contributed by atoms with Crippen molar-refractivity contribution in [3.8, 4) is 0 Å². The van der Waals surface area contributed by atoms with Crippen molar-refractivity contribution >= 4 is 23.2 Å². The summed E-state index contributed by atoms with van der Waals surface area (Å²) in [7, 11) is 0. The van der Waals surface area contributed by atoms with E-state index in [1.54, 1.807) is 0 Å². The Kier molecular flexibility index (Phi) is 3.55. The number of anilines is 1. The number of halogens is 4. The zero-order valence-corrected chi connectivity index (χ0v) is 12.3. The average Bonchev–Trinajstić information content (AvgIpc) is 2.82. The lowest BCUT2D eigenvalue weighted by Crippen LogP contribution is -2.31. The van der Waals surface area contributed by atoms with E-state index in [0.717, 1.165) is 6.07 Å². The van der Waals surface area contributed by atoms with Gasteiger partial charge in [-0.1, -0.05) is 12.1 Å².